The number of rotatable bonds is 8. The number of sulfonamides is 1. The predicted octanol–water partition coefficient (Wildman–Crippen LogP) is 3.59. The number of hydrogen-bond donors (Lipinski definition) is 1. The summed E-state index contributed by atoms with van der Waals surface area (Å²) < 4.78 is 32.2. The van der Waals surface area contributed by atoms with E-state index in [1.54, 1.807) is 12.3 Å². The molecule has 6 heteroatoms. The summed E-state index contributed by atoms with van der Waals surface area (Å²) in [5, 5.41) is 2.19. The van der Waals surface area contributed by atoms with Gasteiger partial charge in [-0.15, -0.1) is 0 Å². The largest absolute Gasteiger partial charge is 0.491 e. The molecule has 0 radical (unpaired) electrons. The average molecular weight is 368 g/mol. The van der Waals surface area contributed by atoms with Crippen LogP contribution in [0.2, 0.25) is 0 Å². The number of nitrogens with zero attached hydrogens (tertiary/aromatic N) is 1. The van der Waals surface area contributed by atoms with Gasteiger partial charge in [-0.2, -0.15) is 0 Å². The highest BCUT2D eigenvalue weighted by Gasteiger charge is 2.05. The SMILES string of the molecule is O=S(=O)(/C=C/c1ccccc1)NCCCOc1cccc2cccnc12. The number of pyridine rings is 1. The number of fused-ring (bicyclic) bond motifs is 1. The lowest BCUT2D eigenvalue weighted by Gasteiger charge is -2.08. The molecule has 3 rings (SSSR count). The first-order valence-electron chi connectivity index (χ1n) is 8.33. The normalized spacial score (nSPS) is 11.8. The summed E-state index contributed by atoms with van der Waals surface area (Å²) in [6, 6.07) is 18.9. The van der Waals surface area contributed by atoms with Gasteiger partial charge in [0.15, 0.2) is 0 Å². The van der Waals surface area contributed by atoms with Crippen LogP contribution in [0.15, 0.2) is 72.3 Å². The highest BCUT2D eigenvalue weighted by molar-refractivity contribution is 7.92. The smallest absolute Gasteiger partial charge is 0.233 e. The number of ether oxygens (including phenoxy) is 1. The Morgan fingerprint density at radius 3 is 2.65 bits per heavy atom. The van der Waals surface area contributed by atoms with E-state index in [0.717, 1.165) is 16.5 Å². The van der Waals surface area contributed by atoms with Gasteiger partial charge in [-0.25, -0.2) is 13.1 Å². The van der Waals surface area contributed by atoms with Gasteiger partial charge < -0.3 is 4.74 Å². The van der Waals surface area contributed by atoms with Gasteiger partial charge in [-0.3, -0.25) is 4.98 Å². The molecule has 5 nitrogen and oxygen atoms in total. The van der Waals surface area contributed by atoms with Gasteiger partial charge in [-0.1, -0.05) is 48.5 Å². The molecule has 0 aliphatic heterocycles. The molecule has 0 saturated heterocycles. The number of para-hydroxylation sites is 1. The van der Waals surface area contributed by atoms with Crippen LogP contribution >= 0.6 is 0 Å². The first kappa shape index (κ1) is 18.1. The van der Waals surface area contributed by atoms with E-state index >= 15 is 0 Å². The van der Waals surface area contributed by atoms with Crippen molar-refractivity contribution in [1.82, 2.24) is 9.71 Å². The van der Waals surface area contributed by atoms with Gasteiger partial charge >= 0.3 is 0 Å². The van der Waals surface area contributed by atoms with Crippen molar-refractivity contribution in [3.05, 3.63) is 77.8 Å². The number of benzene rings is 2. The molecule has 0 fully saturated rings. The quantitative estimate of drug-likeness (QED) is 0.617. The minimum Gasteiger partial charge on any atom is -0.491 e. The lowest BCUT2D eigenvalue weighted by Crippen LogP contribution is -2.23. The highest BCUT2D eigenvalue weighted by Crippen LogP contribution is 2.22. The molecular formula is C20H20N2O3S. The molecule has 0 aliphatic carbocycles. The summed E-state index contributed by atoms with van der Waals surface area (Å²) in [7, 11) is -3.46. The van der Waals surface area contributed by atoms with Gasteiger partial charge in [-0.05, 0) is 30.2 Å². The van der Waals surface area contributed by atoms with Crippen LogP contribution in [-0.4, -0.2) is 26.6 Å². The minimum absolute atomic E-state index is 0.305. The molecule has 1 heterocycles. The van der Waals surface area contributed by atoms with Crippen LogP contribution < -0.4 is 9.46 Å². The summed E-state index contributed by atoms with van der Waals surface area (Å²) >= 11 is 0. The third-order valence-corrected chi connectivity index (χ3v) is 4.82. The fourth-order valence-corrected chi connectivity index (χ4v) is 3.30. The lowest BCUT2D eigenvalue weighted by atomic mass is 10.2. The monoisotopic (exact) mass is 368 g/mol. The number of nitrogens with one attached hydrogen (secondary N) is 1. The molecule has 2 aromatic carbocycles. The summed E-state index contributed by atoms with van der Waals surface area (Å²) in [6.07, 6.45) is 3.85. The van der Waals surface area contributed by atoms with Crippen LogP contribution in [0.5, 0.6) is 5.75 Å². The highest BCUT2D eigenvalue weighted by atomic mass is 32.2. The second-order valence-electron chi connectivity index (χ2n) is 5.69. The Bertz CT molecular complexity index is 981. The average Bonchev–Trinajstić information content (AvgIpc) is 2.67. The van der Waals surface area contributed by atoms with E-state index < -0.39 is 10.0 Å². The van der Waals surface area contributed by atoms with E-state index in [1.165, 1.54) is 5.41 Å². The predicted molar refractivity (Wildman–Crippen MR) is 104 cm³/mol. The Morgan fingerprint density at radius 1 is 1.00 bits per heavy atom. The van der Waals surface area contributed by atoms with Crippen molar-refractivity contribution in [2.24, 2.45) is 0 Å². The second-order valence-corrected chi connectivity index (χ2v) is 7.34. The lowest BCUT2D eigenvalue weighted by molar-refractivity contribution is 0.314. The van der Waals surface area contributed by atoms with Gasteiger partial charge in [0.2, 0.25) is 10.0 Å². The van der Waals surface area contributed by atoms with Crippen LogP contribution in [0.1, 0.15) is 12.0 Å². The standard InChI is InChI=1S/C20H20N2O3S/c23-26(24,16-12-17-7-2-1-3-8-17)22-14-6-15-25-19-11-4-9-18-10-5-13-21-20(18)19/h1-5,7-13,16,22H,6,14-15H2/b16-12+. The molecule has 0 spiro atoms. The van der Waals surface area contributed by atoms with Gasteiger partial charge in [0.1, 0.15) is 11.3 Å². The molecule has 0 atom stereocenters. The maximum Gasteiger partial charge on any atom is 0.233 e. The Morgan fingerprint density at radius 2 is 1.81 bits per heavy atom. The summed E-state index contributed by atoms with van der Waals surface area (Å²) in [5.41, 5.74) is 1.64. The van der Waals surface area contributed by atoms with Crippen molar-refractivity contribution in [3.8, 4) is 5.75 Å². The number of hydrogen-bond acceptors (Lipinski definition) is 4. The van der Waals surface area contributed by atoms with Crippen molar-refractivity contribution >= 4 is 27.0 Å². The third-order valence-electron chi connectivity index (χ3n) is 3.72. The van der Waals surface area contributed by atoms with E-state index in [-0.39, 0.29) is 0 Å². The molecule has 0 unspecified atom stereocenters. The molecule has 0 amide bonds. The molecule has 26 heavy (non-hydrogen) atoms. The van der Waals surface area contributed by atoms with E-state index in [1.807, 2.05) is 60.7 Å². The van der Waals surface area contributed by atoms with Crippen molar-refractivity contribution in [1.29, 1.82) is 0 Å². The summed E-state index contributed by atoms with van der Waals surface area (Å²) in [4.78, 5) is 4.33. The fourth-order valence-electron chi connectivity index (χ4n) is 2.44. The van der Waals surface area contributed by atoms with Crippen molar-refractivity contribution in [2.75, 3.05) is 13.2 Å². The minimum atomic E-state index is -3.46. The van der Waals surface area contributed by atoms with Crippen molar-refractivity contribution in [2.45, 2.75) is 6.42 Å². The molecule has 134 valence electrons. The first-order valence-corrected chi connectivity index (χ1v) is 9.88. The maximum atomic E-state index is 12.0. The molecule has 1 aromatic heterocycles. The molecular weight excluding hydrogens is 348 g/mol. The van der Waals surface area contributed by atoms with Gasteiger partial charge in [0.05, 0.1) is 6.61 Å². The van der Waals surface area contributed by atoms with E-state index in [2.05, 4.69) is 9.71 Å². The maximum absolute atomic E-state index is 12.0. The van der Waals surface area contributed by atoms with E-state index in [9.17, 15) is 8.42 Å². The summed E-state index contributed by atoms with van der Waals surface area (Å²) in [6.45, 7) is 0.709. The zero-order chi connectivity index (χ0) is 18.2. The Balaban J connectivity index is 1.47. The molecule has 0 bridgehead atoms. The zero-order valence-corrected chi connectivity index (χ0v) is 15.0. The van der Waals surface area contributed by atoms with Crippen molar-refractivity contribution < 1.29 is 13.2 Å². The van der Waals surface area contributed by atoms with Crippen LogP contribution in [0, 0.1) is 0 Å². The second kappa shape index (κ2) is 8.60. The van der Waals surface area contributed by atoms with Gasteiger partial charge in [0.25, 0.3) is 0 Å². The third kappa shape index (κ3) is 5.15. The Kier molecular flexibility index (Phi) is 5.99. The topological polar surface area (TPSA) is 68.3 Å². The van der Waals surface area contributed by atoms with E-state index in [4.69, 9.17) is 4.74 Å². The van der Waals surface area contributed by atoms with E-state index in [0.29, 0.717) is 25.3 Å². The van der Waals surface area contributed by atoms with Crippen LogP contribution in [0.3, 0.4) is 0 Å². The number of aromatic nitrogens is 1. The Hall–Kier alpha value is -2.70. The van der Waals surface area contributed by atoms with Crippen LogP contribution in [-0.2, 0) is 10.0 Å². The molecule has 0 aliphatic rings. The first-order chi connectivity index (χ1) is 12.6. The molecule has 0 saturated carbocycles. The Labute approximate surface area is 153 Å². The molecule has 1 N–H and O–H groups in total. The summed E-state index contributed by atoms with van der Waals surface area (Å²) in [5.74, 6) is 0.704. The zero-order valence-electron chi connectivity index (χ0n) is 14.2. The fraction of sp³-hybridized carbons (Fsp3) is 0.150. The van der Waals surface area contributed by atoms with Crippen LogP contribution in [0.25, 0.3) is 17.0 Å². The van der Waals surface area contributed by atoms with Crippen molar-refractivity contribution in [3.63, 3.8) is 0 Å². The molecule has 3 aromatic rings. The van der Waals surface area contributed by atoms with Gasteiger partial charge in [0, 0.05) is 23.5 Å². The van der Waals surface area contributed by atoms with Crippen LogP contribution in [0.4, 0.5) is 0 Å².